The van der Waals surface area contributed by atoms with Crippen LogP contribution < -0.4 is 15.2 Å². The van der Waals surface area contributed by atoms with E-state index in [4.69, 9.17) is 15.2 Å². The SMILES string of the molecule is COc1cc(N)ccc1SCCOc1cc(C)cc(C)c1. The highest BCUT2D eigenvalue weighted by atomic mass is 32.2. The molecule has 0 saturated heterocycles. The Bertz CT molecular complexity index is 593. The Morgan fingerprint density at radius 3 is 2.43 bits per heavy atom. The Balaban J connectivity index is 1.87. The number of rotatable bonds is 6. The quantitative estimate of drug-likeness (QED) is 0.496. The molecule has 0 unspecified atom stereocenters. The number of anilines is 1. The first-order chi connectivity index (χ1) is 10.1. The van der Waals surface area contributed by atoms with Crippen molar-refractivity contribution in [3.05, 3.63) is 47.5 Å². The maximum absolute atomic E-state index is 5.80. The van der Waals surface area contributed by atoms with E-state index in [-0.39, 0.29) is 0 Å². The molecular formula is C17H21NO2S. The zero-order valence-electron chi connectivity index (χ0n) is 12.7. The second-order valence-electron chi connectivity index (χ2n) is 4.93. The third kappa shape index (κ3) is 4.60. The number of hydrogen-bond donors (Lipinski definition) is 1. The molecule has 2 aromatic carbocycles. The Kier molecular flexibility index (Phi) is 5.39. The van der Waals surface area contributed by atoms with Crippen molar-refractivity contribution in [3.63, 3.8) is 0 Å². The Morgan fingerprint density at radius 2 is 1.76 bits per heavy atom. The lowest BCUT2D eigenvalue weighted by Gasteiger charge is -2.10. The van der Waals surface area contributed by atoms with Crippen molar-refractivity contribution in [2.45, 2.75) is 18.7 Å². The first kappa shape index (κ1) is 15.6. The molecule has 0 aromatic heterocycles. The summed E-state index contributed by atoms with van der Waals surface area (Å²) in [5.74, 6) is 2.59. The van der Waals surface area contributed by atoms with Crippen LogP contribution in [0.4, 0.5) is 5.69 Å². The van der Waals surface area contributed by atoms with E-state index in [9.17, 15) is 0 Å². The third-order valence-corrected chi connectivity index (χ3v) is 4.01. The van der Waals surface area contributed by atoms with E-state index < -0.39 is 0 Å². The Morgan fingerprint density at radius 1 is 1.05 bits per heavy atom. The lowest BCUT2D eigenvalue weighted by atomic mass is 10.1. The van der Waals surface area contributed by atoms with Gasteiger partial charge in [0.25, 0.3) is 0 Å². The van der Waals surface area contributed by atoms with E-state index in [1.54, 1.807) is 18.9 Å². The van der Waals surface area contributed by atoms with Gasteiger partial charge in [0.15, 0.2) is 0 Å². The van der Waals surface area contributed by atoms with Gasteiger partial charge in [-0.1, -0.05) is 6.07 Å². The second-order valence-corrected chi connectivity index (χ2v) is 6.07. The number of aryl methyl sites for hydroxylation is 2. The summed E-state index contributed by atoms with van der Waals surface area (Å²) in [6.07, 6.45) is 0. The van der Waals surface area contributed by atoms with E-state index in [1.807, 2.05) is 18.2 Å². The zero-order chi connectivity index (χ0) is 15.2. The van der Waals surface area contributed by atoms with Crippen molar-refractivity contribution in [1.29, 1.82) is 0 Å². The van der Waals surface area contributed by atoms with Crippen molar-refractivity contribution in [2.75, 3.05) is 25.2 Å². The van der Waals surface area contributed by atoms with Gasteiger partial charge < -0.3 is 15.2 Å². The van der Waals surface area contributed by atoms with E-state index in [0.29, 0.717) is 12.3 Å². The third-order valence-electron chi connectivity index (χ3n) is 2.99. The van der Waals surface area contributed by atoms with Gasteiger partial charge in [-0.2, -0.15) is 0 Å². The molecule has 2 aromatic rings. The normalized spacial score (nSPS) is 10.4. The number of nitrogen functional groups attached to an aromatic ring is 1. The lowest BCUT2D eigenvalue weighted by Crippen LogP contribution is -2.01. The summed E-state index contributed by atoms with van der Waals surface area (Å²) in [4.78, 5) is 1.08. The molecule has 2 N–H and O–H groups in total. The molecule has 2 rings (SSSR count). The van der Waals surface area contributed by atoms with Gasteiger partial charge in [-0.15, -0.1) is 11.8 Å². The summed E-state index contributed by atoms with van der Waals surface area (Å²) >= 11 is 1.70. The molecule has 0 amide bonds. The van der Waals surface area contributed by atoms with Crippen LogP contribution >= 0.6 is 11.8 Å². The number of benzene rings is 2. The van der Waals surface area contributed by atoms with Crippen LogP contribution in [0.25, 0.3) is 0 Å². The average Bonchev–Trinajstić information content (AvgIpc) is 2.43. The van der Waals surface area contributed by atoms with E-state index in [1.165, 1.54) is 11.1 Å². The number of thioether (sulfide) groups is 1. The molecule has 0 aliphatic heterocycles. The molecule has 112 valence electrons. The summed E-state index contributed by atoms with van der Waals surface area (Å²) in [7, 11) is 1.66. The molecule has 21 heavy (non-hydrogen) atoms. The highest BCUT2D eigenvalue weighted by Gasteiger charge is 2.04. The maximum Gasteiger partial charge on any atom is 0.134 e. The topological polar surface area (TPSA) is 44.5 Å². The molecular weight excluding hydrogens is 282 g/mol. The van der Waals surface area contributed by atoms with Gasteiger partial charge >= 0.3 is 0 Å². The fourth-order valence-electron chi connectivity index (χ4n) is 2.13. The van der Waals surface area contributed by atoms with Crippen LogP contribution in [0.15, 0.2) is 41.3 Å². The second kappa shape index (κ2) is 7.27. The minimum Gasteiger partial charge on any atom is -0.496 e. The lowest BCUT2D eigenvalue weighted by molar-refractivity contribution is 0.343. The van der Waals surface area contributed by atoms with Gasteiger partial charge in [0.1, 0.15) is 11.5 Å². The van der Waals surface area contributed by atoms with E-state index >= 15 is 0 Å². The van der Waals surface area contributed by atoms with Crippen LogP contribution in [-0.4, -0.2) is 19.5 Å². The smallest absolute Gasteiger partial charge is 0.134 e. The zero-order valence-corrected chi connectivity index (χ0v) is 13.5. The van der Waals surface area contributed by atoms with Gasteiger partial charge in [-0.3, -0.25) is 0 Å². The minimum absolute atomic E-state index is 0.654. The van der Waals surface area contributed by atoms with Crippen LogP contribution in [0.1, 0.15) is 11.1 Å². The number of ether oxygens (including phenoxy) is 2. The van der Waals surface area contributed by atoms with Crippen molar-refractivity contribution in [2.24, 2.45) is 0 Å². The van der Waals surface area contributed by atoms with Gasteiger partial charge in [-0.05, 0) is 49.2 Å². The van der Waals surface area contributed by atoms with Crippen molar-refractivity contribution in [1.82, 2.24) is 0 Å². The van der Waals surface area contributed by atoms with E-state index in [2.05, 4.69) is 32.0 Å². The first-order valence-electron chi connectivity index (χ1n) is 6.86. The Hall–Kier alpha value is -1.81. The van der Waals surface area contributed by atoms with E-state index in [0.717, 1.165) is 22.1 Å². The minimum atomic E-state index is 0.654. The van der Waals surface area contributed by atoms with Gasteiger partial charge in [0.2, 0.25) is 0 Å². The predicted octanol–water partition coefficient (Wildman–Crippen LogP) is 4.07. The van der Waals surface area contributed by atoms with Gasteiger partial charge in [0, 0.05) is 22.4 Å². The average molecular weight is 303 g/mol. The van der Waals surface area contributed by atoms with Crippen molar-refractivity contribution >= 4 is 17.4 Å². The van der Waals surface area contributed by atoms with Crippen LogP contribution in [0.3, 0.4) is 0 Å². The van der Waals surface area contributed by atoms with Crippen molar-refractivity contribution in [3.8, 4) is 11.5 Å². The fourth-order valence-corrected chi connectivity index (χ4v) is 2.97. The fraction of sp³-hybridized carbons (Fsp3) is 0.294. The van der Waals surface area contributed by atoms with Crippen LogP contribution in [0.2, 0.25) is 0 Å². The molecule has 0 fully saturated rings. The maximum atomic E-state index is 5.80. The summed E-state index contributed by atoms with van der Waals surface area (Å²) in [6.45, 7) is 4.81. The molecule has 0 aliphatic rings. The van der Waals surface area contributed by atoms with Crippen LogP contribution in [-0.2, 0) is 0 Å². The number of hydrogen-bond acceptors (Lipinski definition) is 4. The summed E-state index contributed by atoms with van der Waals surface area (Å²) < 4.78 is 11.1. The first-order valence-corrected chi connectivity index (χ1v) is 7.84. The summed E-state index contributed by atoms with van der Waals surface area (Å²) in [5.41, 5.74) is 8.90. The molecule has 0 aliphatic carbocycles. The monoisotopic (exact) mass is 303 g/mol. The molecule has 0 radical (unpaired) electrons. The highest BCUT2D eigenvalue weighted by molar-refractivity contribution is 7.99. The largest absolute Gasteiger partial charge is 0.496 e. The molecule has 0 spiro atoms. The number of methoxy groups -OCH3 is 1. The Labute approximate surface area is 130 Å². The molecule has 0 bridgehead atoms. The molecule has 0 atom stereocenters. The van der Waals surface area contributed by atoms with Crippen LogP contribution in [0.5, 0.6) is 11.5 Å². The van der Waals surface area contributed by atoms with Gasteiger partial charge in [-0.25, -0.2) is 0 Å². The van der Waals surface area contributed by atoms with Crippen LogP contribution in [0, 0.1) is 13.8 Å². The molecule has 4 heteroatoms. The predicted molar refractivity (Wildman–Crippen MR) is 89.5 cm³/mol. The van der Waals surface area contributed by atoms with Gasteiger partial charge in [0.05, 0.1) is 13.7 Å². The standard InChI is InChI=1S/C17H21NO2S/c1-12-8-13(2)10-15(9-12)20-6-7-21-17-5-4-14(18)11-16(17)19-3/h4-5,8-11H,6-7,18H2,1-3H3. The molecule has 0 heterocycles. The highest BCUT2D eigenvalue weighted by Crippen LogP contribution is 2.30. The summed E-state index contributed by atoms with van der Waals surface area (Å²) in [5, 5.41) is 0. The summed E-state index contributed by atoms with van der Waals surface area (Å²) in [6, 6.07) is 12.0. The number of nitrogens with two attached hydrogens (primary N) is 1. The molecule has 3 nitrogen and oxygen atoms in total. The van der Waals surface area contributed by atoms with Crippen molar-refractivity contribution < 1.29 is 9.47 Å². The molecule has 0 saturated carbocycles.